The van der Waals surface area contributed by atoms with E-state index in [2.05, 4.69) is 5.32 Å². The zero-order valence-electron chi connectivity index (χ0n) is 8.15. The highest BCUT2D eigenvalue weighted by Gasteiger charge is 2.13. The Morgan fingerprint density at radius 1 is 1.21 bits per heavy atom. The molecule has 1 aliphatic rings. The normalized spacial score (nSPS) is 15.7. The fourth-order valence-corrected chi connectivity index (χ4v) is 0.927. The molecule has 0 aromatic heterocycles. The lowest BCUT2D eigenvalue weighted by molar-refractivity contribution is 0.139. The zero-order chi connectivity index (χ0) is 10.8. The van der Waals surface area contributed by atoms with Crippen molar-refractivity contribution in [2.24, 2.45) is 0 Å². The number of rotatable bonds is 2. The van der Waals surface area contributed by atoms with Gasteiger partial charge in [0.25, 0.3) is 0 Å². The summed E-state index contributed by atoms with van der Waals surface area (Å²) < 4.78 is 0. The molecule has 0 spiro atoms. The number of nitrogens with zero attached hydrogens (tertiary/aromatic N) is 1. The summed E-state index contributed by atoms with van der Waals surface area (Å²) in [5, 5.41) is 27.3. The van der Waals surface area contributed by atoms with E-state index in [0.717, 1.165) is 13.1 Å². The van der Waals surface area contributed by atoms with Crippen LogP contribution in [0.1, 0.15) is 6.42 Å². The molecule has 84 valence electrons. The number of hydrogen-bond acceptors (Lipinski definition) is 4. The highest BCUT2D eigenvalue weighted by molar-refractivity contribution is 5.65. The molecular weight excluding hydrogens is 188 g/mol. The van der Waals surface area contributed by atoms with Gasteiger partial charge in [-0.05, 0) is 6.42 Å². The Hall–Kier alpha value is -0.850. The molecule has 1 heterocycles. The Morgan fingerprint density at radius 3 is 1.93 bits per heavy atom. The van der Waals surface area contributed by atoms with Gasteiger partial charge in [-0.3, -0.25) is 0 Å². The lowest BCUT2D eigenvalue weighted by Crippen LogP contribution is -2.45. The number of nitrogens with one attached hydrogen (secondary N) is 1. The Bertz CT molecular complexity index is 146. The van der Waals surface area contributed by atoms with Gasteiger partial charge >= 0.3 is 6.09 Å². The zero-order valence-corrected chi connectivity index (χ0v) is 8.15. The van der Waals surface area contributed by atoms with E-state index in [1.54, 1.807) is 0 Å². The van der Waals surface area contributed by atoms with Crippen LogP contribution >= 0.6 is 0 Å². The predicted molar refractivity (Wildman–Crippen MR) is 51.3 cm³/mol. The summed E-state index contributed by atoms with van der Waals surface area (Å²) >= 11 is 0. The summed E-state index contributed by atoms with van der Waals surface area (Å²) in [5.74, 6) is 0. The summed E-state index contributed by atoms with van der Waals surface area (Å²) in [6.07, 6.45) is -0.309. The first-order chi connectivity index (χ1) is 6.72. The van der Waals surface area contributed by atoms with E-state index in [1.165, 1.54) is 4.90 Å². The van der Waals surface area contributed by atoms with Crippen molar-refractivity contribution in [2.45, 2.75) is 6.42 Å². The van der Waals surface area contributed by atoms with Gasteiger partial charge in [0.05, 0.1) is 0 Å². The third-order valence-electron chi connectivity index (χ3n) is 1.70. The van der Waals surface area contributed by atoms with Gasteiger partial charge in [0.2, 0.25) is 0 Å². The van der Waals surface area contributed by atoms with Gasteiger partial charge in [-0.15, -0.1) is 0 Å². The molecule has 0 aliphatic carbocycles. The lowest BCUT2D eigenvalue weighted by Gasteiger charge is -2.23. The second kappa shape index (κ2) is 8.74. The molecule has 1 amide bonds. The monoisotopic (exact) mass is 206 g/mol. The van der Waals surface area contributed by atoms with Crippen LogP contribution in [0.4, 0.5) is 4.79 Å². The van der Waals surface area contributed by atoms with Crippen molar-refractivity contribution in [2.75, 3.05) is 39.4 Å². The summed E-state index contributed by atoms with van der Waals surface area (Å²) in [7, 11) is 0. The second-order valence-electron chi connectivity index (χ2n) is 2.82. The average Bonchev–Trinajstić information content (AvgIpc) is 2.21. The molecule has 1 rings (SSSR count). The number of amides is 1. The predicted octanol–water partition coefficient (Wildman–Crippen LogP) is -1.07. The van der Waals surface area contributed by atoms with Gasteiger partial charge in [0.15, 0.2) is 0 Å². The van der Waals surface area contributed by atoms with Crippen molar-refractivity contribution in [3.8, 4) is 0 Å². The van der Waals surface area contributed by atoms with Crippen molar-refractivity contribution in [3.63, 3.8) is 0 Å². The van der Waals surface area contributed by atoms with E-state index >= 15 is 0 Å². The van der Waals surface area contributed by atoms with Crippen LogP contribution in [0, 0.1) is 0 Å². The van der Waals surface area contributed by atoms with Gasteiger partial charge in [0.1, 0.15) is 0 Å². The molecule has 6 nitrogen and oxygen atoms in total. The van der Waals surface area contributed by atoms with Gasteiger partial charge in [-0.25, -0.2) is 4.79 Å². The third-order valence-corrected chi connectivity index (χ3v) is 1.70. The van der Waals surface area contributed by atoms with Crippen LogP contribution in [0.2, 0.25) is 0 Å². The summed E-state index contributed by atoms with van der Waals surface area (Å²) in [5.41, 5.74) is 0. The van der Waals surface area contributed by atoms with Crippen LogP contribution in [0.15, 0.2) is 0 Å². The molecule has 1 saturated heterocycles. The molecule has 6 heteroatoms. The molecule has 0 radical (unpaired) electrons. The first-order valence-corrected chi connectivity index (χ1v) is 4.62. The van der Waals surface area contributed by atoms with Crippen molar-refractivity contribution in [1.82, 2.24) is 10.2 Å². The number of aliphatic hydroxyl groups excluding tert-OH is 2. The summed E-state index contributed by atoms with van der Waals surface area (Å²) in [4.78, 5) is 11.7. The third kappa shape index (κ3) is 6.64. The molecule has 0 atom stereocenters. The number of piperazine rings is 1. The lowest BCUT2D eigenvalue weighted by atomic mass is 10.4. The molecule has 0 unspecified atom stereocenters. The quantitative estimate of drug-likeness (QED) is 0.461. The van der Waals surface area contributed by atoms with Crippen LogP contribution < -0.4 is 5.32 Å². The first kappa shape index (κ1) is 13.2. The minimum atomic E-state index is -0.809. The van der Waals surface area contributed by atoms with E-state index in [0.29, 0.717) is 19.5 Å². The van der Waals surface area contributed by atoms with Gasteiger partial charge in [0, 0.05) is 39.4 Å². The fourth-order valence-electron chi connectivity index (χ4n) is 0.927. The number of aliphatic hydroxyl groups is 2. The topological polar surface area (TPSA) is 93.0 Å². The van der Waals surface area contributed by atoms with Gasteiger partial charge in [-0.1, -0.05) is 0 Å². The van der Waals surface area contributed by atoms with Crippen molar-refractivity contribution < 1.29 is 20.1 Å². The van der Waals surface area contributed by atoms with Crippen LogP contribution in [0.3, 0.4) is 0 Å². The van der Waals surface area contributed by atoms with Crippen LogP contribution in [-0.4, -0.2) is 65.7 Å². The van der Waals surface area contributed by atoms with Crippen LogP contribution in [0.25, 0.3) is 0 Å². The highest BCUT2D eigenvalue weighted by atomic mass is 16.4. The SMILES string of the molecule is O=C(O)N1CCNCC1.OCCCO. The second-order valence-corrected chi connectivity index (χ2v) is 2.82. The molecule has 1 fully saturated rings. The Balaban J connectivity index is 0.000000292. The largest absolute Gasteiger partial charge is 0.465 e. The fraction of sp³-hybridized carbons (Fsp3) is 0.875. The molecule has 0 bridgehead atoms. The minimum absolute atomic E-state index is 0.0938. The Kier molecular flexibility index (Phi) is 8.20. The standard InChI is InChI=1S/C5H10N2O2.C3H8O2/c8-5(9)7-3-1-6-2-4-7;4-2-1-3-5/h6H,1-4H2,(H,8,9);4-5H,1-3H2. The van der Waals surface area contributed by atoms with E-state index in [4.69, 9.17) is 15.3 Å². The van der Waals surface area contributed by atoms with E-state index in [1.807, 2.05) is 0 Å². The van der Waals surface area contributed by atoms with E-state index < -0.39 is 6.09 Å². The maximum atomic E-state index is 10.3. The van der Waals surface area contributed by atoms with Crippen molar-refractivity contribution in [3.05, 3.63) is 0 Å². The molecular formula is C8H18N2O4. The minimum Gasteiger partial charge on any atom is -0.465 e. The highest BCUT2D eigenvalue weighted by Crippen LogP contribution is 1.90. The molecule has 1 aliphatic heterocycles. The van der Waals surface area contributed by atoms with Gasteiger partial charge < -0.3 is 25.5 Å². The molecule has 0 saturated carbocycles. The average molecular weight is 206 g/mol. The molecule has 14 heavy (non-hydrogen) atoms. The van der Waals surface area contributed by atoms with E-state index in [9.17, 15) is 4.79 Å². The molecule has 0 aromatic rings. The van der Waals surface area contributed by atoms with Crippen LogP contribution in [-0.2, 0) is 0 Å². The van der Waals surface area contributed by atoms with Gasteiger partial charge in [-0.2, -0.15) is 0 Å². The number of carbonyl (C=O) groups is 1. The first-order valence-electron chi connectivity index (χ1n) is 4.62. The van der Waals surface area contributed by atoms with E-state index in [-0.39, 0.29) is 13.2 Å². The number of carboxylic acid groups (broad SMARTS) is 1. The summed E-state index contributed by atoms with van der Waals surface area (Å²) in [6, 6.07) is 0. The maximum Gasteiger partial charge on any atom is 0.407 e. The van der Waals surface area contributed by atoms with Crippen molar-refractivity contribution in [1.29, 1.82) is 0 Å². The summed E-state index contributed by atoms with van der Waals surface area (Å²) in [6.45, 7) is 3.00. The van der Waals surface area contributed by atoms with Crippen molar-refractivity contribution >= 4 is 6.09 Å². The smallest absolute Gasteiger partial charge is 0.407 e. The molecule has 4 N–H and O–H groups in total. The number of hydrogen-bond donors (Lipinski definition) is 4. The maximum absolute atomic E-state index is 10.3. The van der Waals surface area contributed by atoms with Crippen LogP contribution in [0.5, 0.6) is 0 Å². The Labute approximate surface area is 83.1 Å². The molecule has 0 aromatic carbocycles. The Morgan fingerprint density at radius 2 is 1.71 bits per heavy atom.